The van der Waals surface area contributed by atoms with Gasteiger partial charge in [-0.1, -0.05) is 29.3 Å². The molecule has 0 aromatic heterocycles. The Balaban J connectivity index is 2.05. The Labute approximate surface area is 149 Å². The molecule has 24 heavy (non-hydrogen) atoms. The number of esters is 1. The number of amides is 1. The molecule has 2 N–H and O–H groups in total. The fourth-order valence-electron chi connectivity index (χ4n) is 1.92. The van der Waals surface area contributed by atoms with E-state index in [9.17, 15) is 14.7 Å². The molecule has 7 heteroatoms. The predicted octanol–water partition coefficient (Wildman–Crippen LogP) is 4.19. The van der Waals surface area contributed by atoms with Crippen LogP contribution in [0.2, 0.25) is 10.0 Å². The van der Waals surface area contributed by atoms with Crippen LogP contribution in [0, 0.1) is 6.92 Å². The standard InChI is InChI=1S/C17H15Cl2NO4/c1-9-3-4-11(18)7-14(9)20-16(22)10(2)24-17(23)13-6-5-12(19)8-15(13)21/h3-8,10,21H,1-2H3,(H,20,22). The van der Waals surface area contributed by atoms with E-state index >= 15 is 0 Å². The summed E-state index contributed by atoms with van der Waals surface area (Å²) < 4.78 is 5.07. The van der Waals surface area contributed by atoms with E-state index in [1.165, 1.54) is 25.1 Å². The number of aromatic hydroxyl groups is 1. The molecule has 0 saturated heterocycles. The average Bonchev–Trinajstić information content (AvgIpc) is 2.50. The second-order valence-electron chi connectivity index (χ2n) is 5.16. The Kier molecular flexibility index (Phi) is 5.70. The molecule has 2 aromatic rings. The van der Waals surface area contributed by atoms with Gasteiger partial charge in [-0.25, -0.2) is 4.79 Å². The number of carbonyl (C=O) groups excluding carboxylic acids is 2. The van der Waals surface area contributed by atoms with Gasteiger partial charge in [-0.05, 0) is 49.7 Å². The van der Waals surface area contributed by atoms with Crippen LogP contribution < -0.4 is 5.32 Å². The molecule has 0 spiro atoms. The molecule has 5 nitrogen and oxygen atoms in total. The molecular formula is C17H15Cl2NO4. The third-order valence-corrected chi connectivity index (χ3v) is 3.76. The van der Waals surface area contributed by atoms with Crippen LogP contribution >= 0.6 is 23.2 Å². The first kappa shape index (κ1) is 18.1. The molecule has 0 aliphatic heterocycles. The second-order valence-corrected chi connectivity index (χ2v) is 6.03. The van der Waals surface area contributed by atoms with E-state index in [2.05, 4.69) is 5.32 Å². The molecule has 0 heterocycles. The summed E-state index contributed by atoms with van der Waals surface area (Å²) in [5.41, 5.74) is 1.28. The number of halogens is 2. The van der Waals surface area contributed by atoms with Crippen molar-refractivity contribution in [3.63, 3.8) is 0 Å². The van der Waals surface area contributed by atoms with Crippen molar-refractivity contribution >= 4 is 40.8 Å². The van der Waals surface area contributed by atoms with Crippen LogP contribution in [0.5, 0.6) is 5.75 Å². The Morgan fingerprint density at radius 2 is 1.75 bits per heavy atom. The number of hydrogen-bond donors (Lipinski definition) is 2. The topological polar surface area (TPSA) is 75.6 Å². The van der Waals surface area contributed by atoms with Crippen LogP contribution in [0.15, 0.2) is 36.4 Å². The highest BCUT2D eigenvalue weighted by Crippen LogP contribution is 2.23. The molecular weight excluding hydrogens is 353 g/mol. The summed E-state index contributed by atoms with van der Waals surface area (Å²) >= 11 is 11.6. The first-order valence-electron chi connectivity index (χ1n) is 7.04. The maximum atomic E-state index is 12.2. The number of carbonyl (C=O) groups is 2. The highest BCUT2D eigenvalue weighted by molar-refractivity contribution is 6.31. The lowest BCUT2D eigenvalue weighted by atomic mass is 10.2. The Hall–Kier alpha value is -2.24. The molecule has 0 saturated carbocycles. The Bertz CT molecular complexity index is 792. The number of phenolic OH excluding ortho intramolecular Hbond substituents is 1. The number of benzene rings is 2. The van der Waals surface area contributed by atoms with Gasteiger partial charge in [0.2, 0.25) is 0 Å². The number of ether oxygens (including phenoxy) is 1. The molecule has 0 fully saturated rings. The lowest BCUT2D eigenvalue weighted by molar-refractivity contribution is -0.123. The third kappa shape index (κ3) is 4.40. The van der Waals surface area contributed by atoms with Crippen LogP contribution in [0.25, 0.3) is 0 Å². The van der Waals surface area contributed by atoms with Crippen molar-refractivity contribution in [2.24, 2.45) is 0 Å². The van der Waals surface area contributed by atoms with Crippen molar-refractivity contribution in [1.82, 2.24) is 0 Å². The maximum absolute atomic E-state index is 12.2. The van der Waals surface area contributed by atoms with Crippen molar-refractivity contribution in [1.29, 1.82) is 0 Å². The van der Waals surface area contributed by atoms with Gasteiger partial charge in [0.25, 0.3) is 5.91 Å². The number of phenols is 1. The summed E-state index contributed by atoms with van der Waals surface area (Å²) in [4.78, 5) is 24.2. The predicted molar refractivity (Wildman–Crippen MR) is 92.8 cm³/mol. The van der Waals surface area contributed by atoms with Crippen LogP contribution in [0.3, 0.4) is 0 Å². The maximum Gasteiger partial charge on any atom is 0.342 e. The van der Waals surface area contributed by atoms with E-state index in [-0.39, 0.29) is 16.3 Å². The summed E-state index contributed by atoms with van der Waals surface area (Å²) in [5, 5.41) is 13.1. The zero-order valence-corrected chi connectivity index (χ0v) is 14.5. The molecule has 126 valence electrons. The minimum atomic E-state index is -1.06. The van der Waals surface area contributed by atoms with E-state index in [0.29, 0.717) is 10.7 Å². The van der Waals surface area contributed by atoms with Gasteiger partial charge >= 0.3 is 5.97 Å². The van der Waals surface area contributed by atoms with Gasteiger partial charge in [-0.3, -0.25) is 4.79 Å². The molecule has 2 aromatic carbocycles. The minimum Gasteiger partial charge on any atom is -0.507 e. The molecule has 0 bridgehead atoms. The summed E-state index contributed by atoms with van der Waals surface area (Å²) in [6, 6.07) is 9.07. The zero-order valence-electron chi connectivity index (χ0n) is 13.0. The molecule has 0 aliphatic carbocycles. The molecule has 0 radical (unpaired) electrons. The van der Waals surface area contributed by atoms with Gasteiger partial charge in [0.05, 0.1) is 0 Å². The van der Waals surface area contributed by atoms with Crippen LogP contribution in [-0.4, -0.2) is 23.1 Å². The number of anilines is 1. The van der Waals surface area contributed by atoms with Gasteiger partial charge < -0.3 is 15.2 Å². The van der Waals surface area contributed by atoms with E-state index < -0.39 is 18.0 Å². The van der Waals surface area contributed by atoms with E-state index in [0.717, 1.165) is 5.56 Å². The van der Waals surface area contributed by atoms with Gasteiger partial charge in [0.15, 0.2) is 6.10 Å². The normalized spacial score (nSPS) is 11.7. The monoisotopic (exact) mass is 367 g/mol. The summed E-state index contributed by atoms with van der Waals surface area (Å²) in [6.45, 7) is 3.24. The van der Waals surface area contributed by atoms with Gasteiger partial charge in [-0.15, -0.1) is 0 Å². The van der Waals surface area contributed by atoms with Crippen molar-refractivity contribution in [3.05, 3.63) is 57.6 Å². The largest absolute Gasteiger partial charge is 0.507 e. The number of nitrogens with one attached hydrogen (secondary N) is 1. The third-order valence-electron chi connectivity index (χ3n) is 3.29. The van der Waals surface area contributed by atoms with Crippen molar-refractivity contribution in [2.45, 2.75) is 20.0 Å². The Morgan fingerprint density at radius 3 is 2.42 bits per heavy atom. The summed E-state index contributed by atoms with van der Waals surface area (Å²) in [5.74, 6) is -1.65. The van der Waals surface area contributed by atoms with E-state index in [1.54, 1.807) is 18.2 Å². The fourth-order valence-corrected chi connectivity index (χ4v) is 2.26. The van der Waals surface area contributed by atoms with Crippen molar-refractivity contribution in [2.75, 3.05) is 5.32 Å². The van der Waals surface area contributed by atoms with Gasteiger partial charge in [-0.2, -0.15) is 0 Å². The quantitative estimate of drug-likeness (QED) is 0.794. The number of rotatable bonds is 4. The smallest absolute Gasteiger partial charge is 0.342 e. The minimum absolute atomic E-state index is 0.0713. The summed E-state index contributed by atoms with van der Waals surface area (Å²) in [7, 11) is 0. The molecule has 0 aliphatic rings. The SMILES string of the molecule is Cc1ccc(Cl)cc1NC(=O)C(C)OC(=O)c1ccc(Cl)cc1O. The number of hydrogen-bond acceptors (Lipinski definition) is 4. The highest BCUT2D eigenvalue weighted by atomic mass is 35.5. The first-order valence-corrected chi connectivity index (χ1v) is 7.80. The van der Waals surface area contributed by atoms with E-state index in [4.69, 9.17) is 27.9 Å². The molecule has 1 unspecified atom stereocenters. The van der Waals surface area contributed by atoms with Crippen molar-refractivity contribution < 1.29 is 19.4 Å². The lowest BCUT2D eigenvalue weighted by Gasteiger charge is -2.15. The zero-order chi connectivity index (χ0) is 17.9. The molecule has 1 amide bonds. The second kappa shape index (κ2) is 7.55. The lowest BCUT2D eigenvalue weighted by Crippen LogP contribution is -2.30. The summed E-state index contributed by atoms with van der Waals surface area (Å²) in [6.07, 6.45) is -1.06. The van der Waals surface area contributed by atoms with Crippen LogP contribution in [0.1, 0.15) is 22.8 Å². The van der Waals surface area contributed by atoms with Crippen LogP contribution in [-0.2, 0) is 9.53 Å². The highest BCUT2D eigenvalue weighted by Gasteiger charge is 2.21. The van der Waals surface area contributed by atoms with Crippen molar-refractivity contribution in [3.8, 4) is 5.75 Å². The molecule has 1 atom stereocenters. The number of aryl methyl sites for hydroxylation is 1. The van der Waals surface area contributed by atoms with E-state index in [1.807, 2.05) is 6.92 Å². The Morgan fingerprint density at radius 1 is 1.12 bits per heavy atom. The van der Waals surface area contributed by atoms with Gasteiger partial charge in [0, 0.05) is 15.7 Å². The van der Waals surface area contributed by atoms with Crippen LogP contribution in [0.4, 0.5) is 5.69 Å². The first-order chi connectivity index (χ1) is 11.3. The fraction of sp³-hybridized carbons (Fsp3) is 0.176. The average molecular weight is 368 g/mol. The van der Waals surface area contributed by atoms with Gasteiger partial charge in [0.1, 0.15) is 11.3 Å². The molecule has 2 rings (SSSR count).